The van der Waals surface area contributed by atoms with Crippen LogP contribution in [-0.4, -0.2) is 33.3 Å². The highest BCUT2D eigenvalue weighted by Gasteiger charge is 2.16. The summed E-state index contributed by atoms with van der Waals surface area (Å²) in [6, 6.07) is 0. The van der Waals surface area contributed by atoms with Crippen molar-refractivity contribution in [3.8, 4) is 0 Å². The number of nitrogens with zero attached hydrogens (tertiary/aromatic N) is 2. The summed E-state index contributed by atoms with van der Waals surface area (Å²) in [4.78, 5) is 22.8. The van der Waals surface area contributed by atoms with E-state index in [9.17, 15) is 9.59 Å². The molecule has 0 aliphatic carbocycles. The molecule has 1 aromatic rings. The van der Waals surface area contributed by atoms with E-state index < -0.39 is 11.9 Å². The molecule has 0 aromatic carbocycles. The van der Waals surface area contributed by atoms with Gasteiger partial charge in [-0.1, -0.05) is 13.3 Å². The van der Waals surface area contributed by atoms with E-state index in [2.05, 4.69) is 10.4 Å². The number of aliphatic carboxylic acids is 1. The van der Waals surface area contributed by atoms with Crippen molar-refractivity contribution in [2.24, 2.45) is 13.0 Å². The van der Waals surface area contributed by atoms with Gasteiger partial charge in [-0.15, -0.1) is 0 Å². The Balaban J connectivity index is 2.61. The normalized spacial score (nSPS) is 12.6. The highest BCUT2D eigenvalue weighted by Crippen LogP contribution is 2.13. The lowest BCUT2D eigenvalue weighted by molar-refractivity contribution is -0.141. The van der Waals surface area contributed by atoms with Gasteiger partial charge in [-0.25, -0.2) is 0 Å². The molecule has 0 fully saturated rings. The van der Waals surface area contributed by atoms with Gasteiger partial charge >= 0.3 is 5.97 Å². The van der Waals surface area contributed by atoms with Gasteiger partial charge in [-0.3, -0.25) is 14.3 Å². The van der Waals surface area contributed by atoms with Gasteiger partial charge < -0.3 is 10.4 Å². The number of rotatable bonds is 7. The molecule has 0 aliphatic heterocycles. The van der Waals surface area contributed by atoms with E-state index in [0.29, 0.717) is 6.42 Å². The van der Waals surface area contributed by atoms with Crippen molar-refractivity contribution < 1.29 is 14.7 Å². The van der Waals surface area contributed by atoms with E-state index in [0.717, 1.165) is 23.4 Å². The van der Waals surface area contributed by atoms with Crippen LogP contribution in [0.2, 0.25) is 0 Å². The summed E-state index contributed by atoms with van der Waals surface area (Å²) in [7, 11) is 1.85. The summed E-state index contributed by atoms with van der Waals surface area (Å²) in [6.07, 6.45) is 4.46. The highest BCUT2D eigenvalue weighted by atomic mass is 16.4. The lowest BCUT2D eigenvalue weighted by atomic mass is 10.0. The minimum absolute atomic E-state index is 0.150. The van der Waals surface area contributed by atoms with Crippen molar-refractivity contribution in [3.05, 3.63) is 23.0 Å². The van der Waals surface area contributed by atoms with Gasteiger partial charge in [-0.05, 0) is 26.3 Å². The molecule has 0 aliphatic rings. The van der Waals surface area contributed by atoms with Crippen LogP contribution < -0.4 is 5.32 Å². The second kappa shape index (κ2) is 7.61. The minimum atomic E-state index is -0.875. The maximum Gasteiger partial charge on any atom is 0.308 e. The topological polar surface area (TPSA) is 84.2 Å². The first-order chi connectivity index (χ1) is 9.86. The molecule has 0 saturated heterocycles. The number of carbonyl (C=O) groups excluding carboxylic acids is 1. The van der Waals surface area contributed by atoms with Gasteiger partial charge in [0.05, 0.1) is 11.6 Å². The van der Waals surface area contributed by atoms with E-state index in [1.165, 1.54) is 6.08 Å². The van der Waals surface area contributed by atoms with Gasteiger partial charge in [0.15, 0.2) is 0 Å². The summed E-state index contributed by atoms with van der Waals surface area (Å²) in [5.74, 6) is -1.70. The largest absolute Gasteiger partial charge is 0.481 e. The zero-order valence-corrected chi connectivity index (χ0v) is 13.0. The fraction of sp³-hybridized carbons (Fsp3) is 0.533. The Kier molecular flexibility index (Phi) is 6.14. The number of nitrogens with one attached hydrogen (secondary N) is 1. The number of amides is 1. The number of carboxylic acid groups (broad SMARTS) is 1. The number of aryl methyl sites for hydroxylation is 2. The maximum atomic E-state index is 11.8. The monoisotopic (exact) mass is 293 g/mol. The van der Waals surface area contributed by atoms with E-state index in [1.807, 2.05) is 27.8 Å². The molecule has 1 amide bonds. The third-order valence-electron chi connectivity index (χ3n) is 3.48. The molecular weight excluding hydrogens is 270 g/mol. The molecule has 6 heteroatoms. The number of carbonyl (C=O) groups is 2. The van der Waals surface area contributed by atoms with Gasteiger partial charge in [-0.2, -0.15) is 5.10 Å². The Hall–Kier alpha value is -2.11. The first kappa shape index (κ1) is 16.9. The van der Waals surface area contributed by atoms with Crippen molar-refractivity contribution in [2.75, 3.05) is 6.54 Å². The molecule has 0 saturated carbocycles. The summed E-state index contributed by atoms with van der Waals surface area (Å²) in [5, 5.41) is 15.9. The van der Waals surface area contributed by atoms with Crippen LogP contribution in [0, 0.1) is 19.8 Å². The molecule has 1 heterocycles. The Morgan fingerprint density at radius 1 is 1.43 bits per heavy atom. The van der Waals surface area contributed by atoms with E-state index in [-0.39, 0.29) is 12.5 Å². The average Bonchev–Trinajstić information content (AvgIpc) is 2.65. The molecule has 0 radical (unpaired) electrons. The number of hydrogen-bond acceptors (Lipinski definition) is 3. The van der Waals surface area contributed by atoms with Crippen LogP contribution in [0.5, 0.6) is 0 Å². The molecule has 1 unspecified atom stereocenters. The SMILES string of the molecule is CCCC(CNC(=O)C=Cc1c(C)nn(C)c1C)C(=O)O. The predicted molar refractivity (Wildman–Crippen MR) is 80.8 cm³/mol. The molecule has 1 rings (SSSR count). The summed E-state index contributed by atoms with van der Waals surface area (Å²) in [5.41, 5.74) is 2.75. The predicted octanol–water partition coefficient (Wildman–Crippen LogP) is 1.67. The van der Waals surface area contributed by atoms with Gasteiger partial charge in [0, 0.05) is 30.9 Å². The Morgan fingerprint density at radius 3 is 2.57 bits per heavy atom. The maximum absolute atomic E-state index is 11.8. The third-order valence-corrected chi connectivity index (χ3v) is 3.48. The summed E-state index contributed by atoms with van der Waals surface area (Å²) in [6.45, 7) is 5.88. The first-order valence-electron chi connectivity index (χ1n) is 7.05. The van der Waals surface area contributed by atoms with Gasteiger partial charge in [0.1, 0.15) is 0 Å². The molecule has 0 bridgehead atoms. The molecular formula is C15H23N3O3. The first-order valence-corrected chi connectivity index (χ1v) is 7.05. The van der Waals surface area contributed by atoms with Crippen LogP contribution in [-0.2, 0) is 16.6 Å². The molecule has 1 atom stereocenters. The summed E-state index contributed by atoms with van der Waals surface area (Å²) < 4.78 is 1.76. The van der Waals surface area contributed by atoms with Crippen LogP contribution >= 0.6 is 0 Å². The van der Waals surface area contributed by atoms with E-state index in [1.54, 1.807) is 10.8 Å². The molecule has 0 spiro atoms. The minimum Gasteiger partial charge on any atom is -0.481 e. The van der Waals surface area contributed by atoms with Gasteiger partial charge in [0.25, 0.3) is 0 Å². The number of aromatic nitrogens is 2. The van der Waals surface area contributed by atoms with Crippen LogP contribution in [0.3, 0.4) is 0 Å². The van der Waals surface area contributed by atoms with E-state index in [4.69, 9.17) is 5.11 Å². The Bertz CT molecular complexity index is 547. The molecule has 6 nitrogen and oxygen atoms in total. The van der Waals surface area contributed by atoms with Crippen molar-refractivity contribution in [1.29, 1.82) is 0 Å². The number of hydrogen-bond donors (Lipinski definition) is 2. The van der Waals surface area contributed by atoms with Crippen LogP contribution in [0.1, 0.15) is 36.7 Å². The van der Waals surface area contributed by atoms with Gasteiger partial charge in [0.2, 0.25) is 5.91 Å². The number of carboxylic acids is 1. The van der Waals surface area contributed by atoms with Crippen molar-refractivity contribution >= 4 is 18.0 Å². The second-order valence-corrected chi connectivity index (χ2v) is 5.11. The molecule has 21 heavy (non-hydrogen) atoms. The highest BCUT2D eigenvalue weighted by molar-refractivity contribution is 5.92. The Morgan fingerprint density at radius 2 is 2.10 bits per heavy atom. The molecule has 2 N–H and O–H groups in total. The average molecular weight is 293 g/mol. The van der Waals surface area contributed by atoms with Crippen LogP contribution in [0.25, 0.3) is 6.08 Å². The zero-order chi connectivity index (χ0) is 16.0. The Labute approximate surface area is 124 Å². The molecule has 116 valence electrons. The lowest BCUT2D eigenvalue weighted by Crippen LogP contribution is -2.31. The van der Waals surface area contributed by atoms with E-state index >= 15 is 0 Å². The third kappa shape index (κ3) is 4.73. The smallest absolute Gasteiger partial charge is 0.308 e. The van der Waals surface area contributed by atoms with Crippen LogP contribution in [0.15, 0.2) is 6.08 Å². The van der Waals surface area contributed by atoms with Crippen molar-refractivity contribution in [2.45, 2.75) is 33.6 Å². The van der Waals surface area contributed by atoms with Crippen molar-refractivity contribution in [3.63, 3.8) is 0 Å². The van der Waals surface area contributed by atoms with Crippen LogP contribution in [0.4, 0.5) is 0 Å². The lowest BCUT2D eigenvalue weighted by Gasteiger charge is -2.10. The zero-order valence-electron chi connectivity index (χ0n) is 13.0. The van der Waals surface area contributed by atoms with Crippen molar-refractivity contribution in [1.82, 2.24) is 15.1 Å². The fourth-order valence-corrected chi connectivity index (χ4v) is 2.13. The fourth-order valence-electron chi connectivity index (χ4n) is 2.13. The standard InChI is InChI=1S/C15H23N3O3/c1-5-6-12(15(20)21)9-16-14(19)8-7-13-10(2)17-18(4)11(13)3/h7-8,12H,5-6,9H2,1-4H3,(H,16,19)(H,20,21). The second-order valence-electron chi connectivity index (χ2n) is 5.11. The summed E-state index contributed by atoms with van der Waals surface area (Å²) >= 11 is 0. The molecule has 1 aromatic heterocycles. The quantitative estimate of drug-likeness (QED) is 0.749.